The maximum atomic E-state index is 12.9. The molecule has 1 N–H and O–H groups in total. The van der Waals surface area contributed by atoms with Gasteiger partial charge in [0.05, 0.1) is 11.3 Å². The topological polar surface area (TPSA) is 50.8 Å². The number of nitrogens with zero attached hydrogens (tertiary/aromatic N) is 1. The molecular formula is C22H17F3N2O3. The number of urea groups is 1. The molecule has 0 radical (unpaired) electrons. The Kier molecular flexibility index (Phi) is 5.22. The van der Waals surface area contributed by atoms with Crippen LogP contribution in [0.25, 0.3) is 0 Å². The van der Waals surface area contributed by atoms with Gasteiger partial charge in [0.2, 0.25) is 0 Å². The fourth-order valence-electron chi connectivity index (χ4n) is 3.00. The monoisotopic (exact) mass is 414 g/mol. The first kappa shape index (κ1) is 19.6. The summed E-state index contributed by atoms with van der Waals surface area (Å²) in [6.07, 6.45) is -4.49. The number of rotatable bonds is 4. The van der Waals surface area contributed by atoms with Crippen LogP contribution in [-0.2, 0) is 12.8 Å². The second kappa shape index (κ2) is 7.98. The smallest absolute Gasteiger partial charge is 0.416 e. The van der Waals surface area contributed by atoms with Crippen molar-refractivity contribution in [3.8, 4) is 11.5 Å². The van der Waals surface area contributed by atoms with Crippen molar-refractivity contribution in [2.24, 2.45) is 0 Å². The number of amides is 2. The van der Waals surface area contributed by atoms with Gasteiger partial charge >= 0.3 is 12.2 Å². The van der Waals surface area contributed by atoms with E-state index in [-0.39, 0.29) is 12.4 Å². The molecule has 0 aromatic heterocycles. The maximum absolute atomic E-state index is 12.9. The third-order valence-electron chi connectivity index (χ3n) is 4.51. The first-order valence-corrected chi connectivity index (χ1v) is 9.09. The summed E-state index contributed by atoms with van der Waals surface area (Å²) in [5.41, 5.74) is 0.734. The van der Waals surface area contributed by atoms with E-state index >= 15 is 0 Å². The van der Waals surface area contributed by atoms with Crippen molar-refractivity contribution in [1.82, 2.24) is 0 Å². The molecule has 30 heavy (non-hydrogen) atoms. The summed E-state index contributed by atoms with van der Waals surface area (Å²) in [4.78, 5) is 13.9. The number of hydrogen-bond acceptors (Lipinski definition) is 3. The summed E-state index contributed by atoms with van der Waals surface area (Å²) in [7, 11) is 0. The highest BCUT2D eigenvalue weighted by molar-refractivity contribution is 6.03. The van der Waals surface area contributed by atoms with Gasteiger partial charge in [0.15, 0.2) is 6.73 Å². The Morgan fingerprint density at radius 3 is 2.60 bits per heavy atom. The van der Waals surface area contributed by atoms with Crippen molar-refractivity contribution in [3.63, 3.8) is 0 Å². The van der Waals surface area contributed by atoms with Crippen LogP contribution in [0.4, 0.5) is 29.3 Å². The number of anilines is 2. The van der Waals surface area contributed by atoms with Crippen molar-refractivity contribution >= 4 is 17.4 Å². The summed E-state index contributed by atoms with van der Waals surface area (Å²) in [5, 5.41) is 2.47. The van der Waals surface area contributed by atoms with Crippen molar-refractivity contribution in [3.05, 3.63) is 83.9 Å². The zero-order valence-corrected chi connectivity index (χ0v) is 15.6. The molecule has 0 unspecified atom stereocenters. The summed E-state index contributed by atoms with van der Waals surface area (Å²) in [6, 6.07) is 18.6. The molecule has 0 fully saturated rings. The van der Waals surface area contributed by atoms with Gasteiger partial charge in [-0.15, -0.1) is 0 Å². The molecule has 0 saturated heterocycles. The Hall–Kier alpha value is -3.68. The quantitative estimate of drug-likeness (QED) is 0.598. The fourth-order valence-corrected chi connectivity index (χ4v) is 3.00. The number of halogens is 3. The highest BCUT2D eigenvalue weighted by Gasteiger charge is 2.31. The Labute approximate surface area is 170 Å². The van der Waals surface area contributed by atoms with Crippen LogP contribution in [0, 0.1) is 0 Å². The number of benzene rings is 3. The van der Waals surface area contributed by atoms with Gasteiger partial charge in [0.25, 0.3) is 0 Å². The molecule has 1 heterocycles. The second-order valence-electron chi connectivity index (χ2n) is 6.61. The van der Waals surface area contributed by atoms with Gasteiger partial charge in [0, 0.05) is 11.8 Å². The summed E-state index contributed by atoms with van der Waals surface area (Å²) in [5.74, 6) is 1.04. The van der Waals surface area contributed by atoms with E-state index in [2.05, 4.69) is 5.32 Å². The van der Waals surface area contributed by atoms with E-state index in [4.69, 9.17) is 9.47 Å². The number of hydrogen-bond donors (Lipinski definition) is 1. The number of carbonyl (C=O) groups excluding carboxylic acids is 1. The van der Waals surface area contributed by atoms with E-state index in [0.29, 0.717) is 23.8 Å². The third kappa shape index (κ3) is 4.32. The van der Waals surface area contributed by atoms with Crippen LogP contribution >= 0.6 is 0 Å². The molecule has 8 heteroatoms. The second-order valence-corrected chi connectivity index (χ2v) is 6.61. The SMILES string of the molecule is O=C(Nc1cccc(C(F)(F)F)c1)N1COc2cc(OCc3ccccc3)ccc21. The van der Waals surface area contributed by atoms with Crippen LogP contribution in [0.1, 0.15) is 11.1 Å². The summed E-state index contributed by atoms with van der Waals surface area (Å²) in [6.45, 7) is 0.335. The molecular weight excluding hydrogens is 397 g/mol. The minimum Gasteiger partial charge on any atom is -0.489 e. The van der Waals surface area contributed by atoms with Crippen LogP contribution in [0.5, 0.6) is 11.5 Å². The van der Waals surface area contributed by atoms with Gasteiger partial charge in [0.1, 0.15) is 18.1 Å². The van der Waals surface area contributed by atoms with Gasteiger partial charge < -0.3 is 14.8 Å². The maximum Gasteiger partial charge on any atom is 0.416 e. The van der Waals surface area contributed by atoms with Crippen molar-refractivity contribution in [1.29, 1.82) is 0 Å². The Bertz CT molecular complexity index is 1050. The Morgan fingerprint density at radius 1 is 1.03 bits per heavy atom. The standard InChI is InChI=1S/C22H17F3N2O3/c23-22(24,25)16-7-4-8-17(11-16)26-21(28)27-14-30-20-12-18(9-10-19(20)27)29-13-15-5-2-1-3-6-15/h1-12H,13-14H2,(H,26,28). The average molecular weight is 414 g/mol. The molecule has 1 aliphatic rings. The van der Waals surface area contributed by atoms with Gasteiger partial charge in [-0.1, -0.05) is 36.4 Å². The van der Waals surface area contributed by atoms with Gasteiger partial charge in [-0.3, -0.25) is 4.90 Å². The molecule has 0 saturated carbocycles. The van der Waals surface area contributed by atoms with Crippen LogP contribution < -0.4 is 19.7 Å². The molecule has 4 rings (SSSR count). The minimum absolute atomic E-state index is 0.0473. The highest BCUT2D eigenvalue weighted by atomic mass is 19.4. The van der Waals surface area contributed by atoms with E-state index in [1.165, 1.54) is 17.0 Å². The summed E-state index contributed by atoms with van der Waals surface area (Å²) < 4.78 is 49.9. The Balaban J connectivity index is 1.43. The van der Waals surface area contributed by atoms with Gasteiger partial charge in [-0.05, 0) is 35.9 Å². The lowest BCUT2D eigenvalue weighted by Crippen LogP contribution is -2.34. The molecule has 0 atom stereocenters. The average Bonchev–Trinajstić information content (AvgIpc) is 3.16. The Morgan fingerprint density at radius 2 is 1.83 bits per heavy atom. The van der Waals surface area contributed by atoms with E-state index in [1.54, 1.807) is 18.2 Å². The van der Waals surface area contributed by atoms with Crippen molar-refractivity contribution in [2.75, 3.05) is 16.9 Å². The first-order valence-electron chi connectivity index (χ1n) is 9.09. The van der Waals surface area contributed by atoms with E-state index in [9.17, 15) is 18.0 Å². The number of nitrogens with one attached hydrogen (secondary N) is 1. The van der Waals surface area contributed by atoms with Gasteiger partial charge in [-0.25, -0.2) is 4.79 Å². The molecule has 5 nitrogen and oxygen atoms in total. The fraction of sp³-hybridized carbons (Fsp3) is 0.136. The van der Waals surface area contributed by atoms with E-state index in [0.717, 1.165) is 17.7 Å². The van der Waals surface area contributed by atoms with Crippen LogP contribution in [0.3, 0.4) is 0 Å². The lowest BCUT2D eigenvalue weighted by atomic mass is 10.2. The van der Waals surface area contributed by atoms with E-state index < -0.39 is 17.8 Å². The molecule has 0 aliphatic carbocycles. The number of carbonyl (C=O) groups is 1. The van der Waals surface area contributed by atoms with Crippen molar-refractivity contribution in [2.45, 2.75) is 12.8 Å². The largest absolute Gasteiger partial charge is 0.489 e. The molecule has 0 spiro atoms. The lowest BCUT2D eigenvalue weighted by Gasteiger charge is -2.16. The van der Waals surface area contributed by atoms with Crippen LogP contribution in [-0.4, -0.2) is 12.8 Å². The zero-order valence-electron chi connectivity index (χ0n) is 15.6. The van der Waals surface area contributed by atoms with Gasteiger partial charge in [-0.2, -0.15) is 13.2 Å². The van der Waals surface area contributed by atoms with Crippen molar-refractivity contribution < 1.29 is 27.4 Å². The molecule has 3 aromatic rings. The molecule has 2 amide bonds. The highest BCUT2D eigenvalue weighted by Crippen LogP contribution is 2.37. The molecule has 154 valence electrons. The van der Waals surface area contributed by atoms with Crippen LogP contribution in [0.15, 0.2) is 72.8 Å². The molecule has 3 aromatic carbocycles. The first-order chi connectivity index (χ1) is 14.4. The minimum atomic E-state index is -4.49. The summed E-state index contributed by atoms with van der Waals surface area (Å²) >= 11 is 0. The predicted octanol–water partition coefficient (Wildman–Crippen LogP) is 5.67. The molecule has 0 bridgehead atoms. The normalized spacial score (nSPS) is 12.8. The van der Waals surface area contributed by atoms with Crippen LogP contribution in [0.2, 0.25) is 0 Å². The predicted molar refractivity (Wildman–Crippen MR) is 106 cm³/mol. The lowest BCUT2D eigenvalue weighted by molar-refractivity contribution is -0.137. The zero-order chi connectivity index (χ0) is 21.1. The number of ether oxygens (including phenoxy) is 2. The number of alkyl halides is 3. The van der Waals surface area contributed by atoms with E-state index in [1.807, 2.05) is 30.3 Å². The molecule has 1 aliphatic heterocycles. The third-order valence-corrected chi connectivity index (χ3v) is 4.51. The number of fused-ring (bicyclic) bond motifs is 1.